The third-order valence-electron chi connectivity index (χ3n) is 3.44. The first-order valence-electron chi connectivity index (χ1n) is 7.30. The van der Waals surface area contributed by atoms with Crippen LogP contribution in [0.3, 0.4) is 0 Å². The molecular formula is C17H17FN2O3S. The van der Waals surface area contributed by atoms with E-state index in [1.165, 1.54) is 12.1 Å². The fourth-order valence-electron chi connectivity index (χ4n) is 2.20. The highest BCUT2D eigenvalue weighted by molar-refractivity contribution is 7.88. The van der Waals surface area contributed by atoms with E-state index < -0.39 is 27.7 Å². The molecule has 2 aromatic rings. The lowest BCUT2D eigenvalue weighted by atomic mass is 10.1. The Balaban J connectivity index is 1.94. The highest BCUT2D eigenvalue weighted by Crippen LogP contribution is 2.16. The summed E-state index contributed by atoms with van der Waals surface area (Å²) in [5.74, 6) is -1.24. The van der Waals surface area contributed by atoms with Gasteiger partial charge in [-0.1, -0.05) is 30.3 Å². The third kappa shape index (κ3) is 5.13. The van der Waals surface area contributed by atoms with Crippen molar-refractivity contribution < 1.29 is 17.9 Å². The predicted octanol–water partition coefficient (Wildman–Crippen LogP) is 2.24. The Kier molecular flexibility index (Phi) is 6.04. The summed E-state index contributed by atoms with van der Waals surface area (Å²) in [6, 6.07) is 14.3. The smallest absolute Gasteiger partial charge is 0.215 e. The Hall–Kier alpha value is -2.27. The van der Waals surface area contributed by atoms with E-state index in [2.05, 4.69) is 4.72 Å². The second-order valence-electron chi connectivity index (χ2n) is 5.29. The van der Waals surface area contributed by atoms with Gasteiger partial charge in [-0.15, -0.1) is 0 Å². The molecule has 5 nitrogen and oxygen atoms in total. The minimum atomic E-state index is -3.77. The number of nitriles is 1. The van der Waals surface area contributed by atoms with E-state index in [0.717, 1.165) is 6.07 Å². The molecule has 0 saturated carbocycles. The van der Waals surface area contributed by atoms with E-state index in [1.54, 1.807) is 24.3 Å². The molecule has 1 unspecified atom stereocenters. The van der Waals surface area contributed by atoms with E-state index in [0.29, 0.717) is 5.56 Å². The van der Waals surface area contributed by atoms with Crippen molar-refractivity contribution in [2.24, 2.45) is 0 Å². The molecule has 0 bridgehead atoms. The first-order valence-corrected chi connectivity index (χ1v) is 8.95. The number of hydrogen-bond donors (Lipinski definition) is 2. The topological polar surface area (TPSA) is 90.2 Å². The van der Waals surface area contributed by atoms with Crippen molar-refractivity contribution in [2.75, 3.05) is 6.54 Å². The molecule has 0 amide bonds. The van der Waals surface area contributed by atoms with Crippen LogP contribution in [0.2, 0.25) is 0 Å². The Morgan fingerprint density at radius 2 is 1.92 bits per heavy atom. The Morgan fingerprint density at radius 3 is 2.58 bits per heavy atom. The van der Waals surface area contributed by atoms with Crippen molar-refractivity contribution in [3.63, 3.8) is 0 Å². The molecular weight excluding hydrogens is 331 g/mol. The summed E-state index contributed by atoms with van der Waals surface area (Å²) in [6.45, 7) is 0.0257. The van der Waals surface area contributed by atoms with Gasteiger partial charge in [0.25, 0.3) is 0 Å². The number of nitrogens with one attached hydrogen (secondary N) is 1. The molecule has 2 N–H and O–H groups in total. The average Bonchev–Trinajstić information content (AvgIpc) is 2.57. The summed E-state index contributed by atoms with van der Waals surface area (Å²) in [5, 5.41) is 18.8. The summed E-state index contributed by atoms with van der Waals surface area (Å²) < 4.78 is 40.1. The van der Waals surface area contributed by atoms with Gasteiger partial charge in [-0.2, -0.15) is 5.26 Å². The van der Waals surface area contributed by atoms with Crippen molar-refractivity contribution in [2.45, 2.75) is 18.3 Å². The molecule has 0 aromatic heterocycles. The molecule has 1 atom stereocenters. The number of rotatable bonds is 7. The van der Waals surface area contributed by atoms with Gasteiger partial charge in [-0.25, -0.2) is 17.5 Å². The lowest BCUT2D eigenvalue weighted by Crippen LogP contribution is -2.27. The maximum Gasteiger partial charge on any atom is 0.215 e. The van der Waals surface area contributed by atoms with Crippen molar-refractivity contribution in [1.82, 2.24) is 4.72 Å². The Labute approximate surface area is 140 Å². The van der Waals surface area contributed by atoms with E-state index in [4.69, 9.17) is 5.26 Å². The molecule has 0 heterocycles. The number of nitrogens with zero attached hydrogens (tertiary/aromatic N) is 1. The first-order chi connectivity index (χ1) is 11.4. The quantitative estimate of drug-likeness (QED) is 0.803. The van der Waals surface area contributed by atoms with E-state index in [-0.39, 0.29) is 24.1 Å². The van der Waals surface area contributed by atoms with Gasteiger partial charge >= 0.3 is 0 Å². The van der Waals surface area contributed by atoms with Crippen LogP contribution in [0.15, 0.2) is 48.5 Å². The Bertz CT molecular complexity index is 833. The van der Waals surface area contributed by atoms with Crippen molar-refractivity contribution in [1.29, 1.82) is 5.26 Å². The van der Waals surface area contributed by atoms with Crippen molar-refractivity contribution in [3.8, 4) is 6.07 Å². The number of halogens is 1. The van der Waals surface area contributed by atoms with Crippen LogP contribution in [0.5, 0.6) is 0 Å². The number of aliphatic hydroxyl groups excluding tert-OH is 1. The van der Waals surface area contributed by atoms with E-state index in [1.807, 2.05) is 12.1 Å². The van der Waals surface area contributed by atoms with Gasteiger partial charge in [0.2, 0.25) is 10.0 Å². The van der Waals surface area contributed by atoms with Gasteiger partial charge in [0.15, 0.2) is 0 Å². The average molecular weight is 348 g/mol. The molecule has 126 valence electrons. The molecule has 0 spiro atoms. The molecule has 2 rings (SSSR count). The second-order valence-corrected chi connectivity index (χ2v) is 7.09. The predicted molar refractivity (Wildman–Crippen MR) is 87.8 cm³/mol. The Morgan fingerprint density at radius 1 is 1.21 bits per heavy atom. The molecule has 7 heteroatoms. The normalized spacial score (nSPS) is 12.5. The molecule has 0 fully saturated rings. The van der Waals surface area contributed by atoms with Crippen LogP contribution in [-0.4, -0.2) is 20.1 Å². The zero-order valence-electron chi connectivity index (χ0n) is 12.8. The third-order valence-corrected chi connectivity index (χ3v) is 4.78. The monoisotopic (exact) mass is 348 g/mol. The number of hydrogen-bond acceptors (Lipinski definition) is 4. The standard InChI is InChI=1S/C17H17FN2O3S/c18-16-7-6-13(11-19)10-15(16)12-24(22,23)20-9-8-17(21)14-4-2-1-3-5-14/h1-7,10,17,20-21H,8-9,12H2. The minimum Gasteiger partial charge on any atom is -0.388 e. The van der Waals surface area contributed by atoms with Crippen LogP contribution in [-0.2, 0) is 15.8 Å². The van der Waals surface area contributed by atoms with Crippen LogP contribution in [0.25, 0.3) is 0 Å². The molecule has 0 saturated heterocycles. The number of benzene rings is 2. The first kappa shape index (κ1) is 18.1. The van der Waals surface area contributed by atoms with E-state index >= 15 is 0 Å². The zero-order chi connectivity index (χ0) is 17.6. The van der Waals surface area contributed by atoms with Crippen LogP contribution < -0.4 is 4.72 Å². The zero-order valence-corrected chi connectivity index (χ0v) is 13.6. The largest absolute Gasteiger partial charge is 0.388 e. The highest BCUT2D eigenvalue weighted by Gasteiger charge is 2.16. The van der Waals surface area contributed by atoms with Gasteiger partial charge < -0.3 is 5.11 Å². The second kappa shape index (κ2) is 8.02. The van der Waals surface area contributed by atoms with Crippen molar-refractivity contribution in [3.05, 3.63) is 71.0 Å². The molecule has 24 heavy (non-hydrogen) atoms. The van der Waals surface area contributed by atoms with Crippen LogP contribution >= 0.6 is 0 Å². The summed E-state index contributed by atoms with van der Waals surface area (Å²) in [4.78, 5) is 0. The SMILES string of the molecule is N#Cc1ccc(F)c(CS(=O)(=O)NCCC(O)c2ccccc2)c1. The summed E-state index contributed by atoms with van der Waals surface area (Å²) in [6.07, 6.45) is -0.586. The summed E-state index contributed by atoms with van der Waals surface area (Å²) >= 11 is 0. The fraction of sp³-hybridized carbons (Fsp3) is 0.235. The molecule has 0 radical (unpaired) electrons. The molecule has 0 aliphatic rings. The van der Waals surface area contributed by atoms with Gasteiger partial charge in [0.1, 0.15) is 5.82 Å². The lowest BCUT2D eigenvalue weighted by molar-refractivity contribution is 0.169. The van der Waals surface area contributed by atoms with Crippen LogP contribution in [0, 0.1) is 17.1 Å². The van der Waals surface area contributed by atoms with E-state index in [9.17, 15) is 17.9 Å². The summed E-state index contributed by atoms with van der Waals surface area (Å²) in [7, 11) is -3.77. The van der Waals surface area contributed by atoms with Crippen LogP contribution in [0.1, 0.15) is 29.2 Å². The fourth-order valence-corrected chi connectivity index (χ4v) is 3.37. The summed E-state index contributed by atoms with van der Waals surface area (Å²) in [5.41, 5.74) is 0.829. The number of sulfonamides is 1. The molecule has 0 aliphatic heterocycles. The highest BCUT2D eigenvalue weighted by atomic mass is 32.2. The number of aliphatic hydroxyl groups is 1. The van der Waals surface area contributed by atoms with Crippen molar-refractivity contribution >= 4 is 10.0 Å². The van der Waals surface area contributed by atoms with Gasteiger partial charge in [-0.05, 0) is 30.2 Å². The van der Waals surface area contributed by atoms with Gasteiger partial charge in [-0.3, -0.25) is 0 Å². The molecule has 2 aromatic carbocycles. The maximum absolute atomic E-state index is 13.7. The molecule has 0 aliphatic carbocycles. The minimum absolute atomic E-state index is 0.0257. The van der Waals surface area contributed by atoms with Gasteiger partial charge in [0.05, 0.1) is 23.5 Å². The van der Waals surface area contributed by atoms with Gasteiger partial charge in [0, 0.05) is 12.1 Å². The maximum atomic E-state index is 13.7. The lowest BCUT2D eigenvalue weighted by Gasteiger charge is -2.12. The van der Waals surface area contributed by atoms with Crippen LogP contribution in [0.4, 0.5) is 4.39 Å².